The summed E-state index contributed by atoms with van der Waals surface area (Å²) in [4.78, 5) is 12.9. The van der Waals surface area contributed by atoms with Gasteiger partial charge in [0.05, 0.1) is 7.11 Å². The maximum Gasteiger partial charge on any atom is 0.232 e. The van der Waals surface area contributed by atoms with Gasteiger partial charge in [-0.3, -0.25) is 4.79 Å². The molecule has 0 N–H and O–H groups in total. The lowest BCUT2D eigenvalue weighted by atomic mass is 9.75. The van der Waals surface area contributed by atoms with Crippen molar-refractivity contribution in [3.05, 3.63) is 45.7 Å². The summed E-state index contributed by atoms with van der Waals surface area (Å²) >= 11 is 6.34. The molecule has 0 fully saturated rings. The van der Waals surface area contributed by atoms with E-state index < -0.39 is 5.79 Å². The number of rotatable bonds is 11. The van der Waals surface area contributed by atoms with Crippen LogP contribution in [0.4, 0.5) is 0 Å². The molecule has 4 nitrogen and oxygen atoms in total. The molecule has 1 rings (SSSR count). The van der Waals surface area contributed by atoms with E-state index in [4.69, 9.17) is 25.8 Å². The first-order valence-corrected chi connectivity index (χ1v) is 11.1. The Morgan fingerprint density at radius 2 is 1.50 bits per heavy atom. The van der Waals surface area contributed by atoms with Crippen LogP contribution in [-0.2, 0) is 19.0 Å². The van der Waals surface area contributed by atoms with Crippen molar-refractivity contribution < 1.29 is 19.0 Å². The molecule has 170 valence electrons. The van der Waals surface area contributed by atoms with Gasteiger partial charge in [-0.05, 0) is 59.8 Å². The summed E-state index contributed by atoms with van der Waals surface area (Å²) in [7, 11) is 4.57. The summed E-state index contributed by atoms with van der Waals surface area (Å²) in [6.45, 7) is 10.5. The lowest BCUT2D eigenvalue weighted by molar-refractivity contribution is -0.241. The monoisotopic (exact) mass is 438 g/mol. The number of halogens is 1. The summed E-state index contributed by atoms with van der Waals surface area (Å²) in [6, 6.07) is 0. The average molecular weight is 439 g/mol. The van der Waals surface area contributed by atoms with Gasteiger partial charge in [0.15, 0.2) is 11.5 Å². The Labute approximate surface area is 188 Å². The lowest BCUT2D eigenvalue weighted by Gasteiger charge is -2.43. The Hall–Kier alpha value is -1.36. The number of ketones is 1. The van der Waals surface area contributed by atoms with Gasteiger partial charge in [-0.25, -0.2) is 0 Å². The van der Waals surface area contributed by atoms with Crippen molar-refractivity contribution in [2.75, 3.05) is 21.3 Å². The molecule has 1 aliphatic rings. The van der Waals surface area contributed by atoms with E-state index in [1.807, 2.05) is 6.92 Å². The molecule has 0 spiro atoms. The van der Waals surface area contributed by atoms with Crippen molar-refractivity contribution in [2.45, 2.75) is 72.5 Å². The van der Waals surface area contributed by atoms with E-state index in [0.717, 1.165) is 25.7 Å². The molecular weight excluding hydrogens is 400 g/mol. The van der Waals surface area contributed by atoms with Gasteiger partial charge in [0, 0.05) is 26.1 Å². The number of ether oxygens (including phenoxy) is 3. The largest absolute Gasteiger partial charge is 0.494 e. The van der Waals surface area contributed by atoms with E-state index in [2.05, 4.69) is 45.9 Å². The number of carbonyl (C=O) groups excluding carboxylic acids is 1. The zero-order chi connectivity index (χ0) is 22.9. The zero-order valence-electron chi connectivity index (χ0n) is 19.9. The standard InChI is InChI=1S/C25H39ClO4/c1-17(2)11-9-12-18(3)13-10-14-19(4)15-16-21-20(5)25(29-7,30-8)24(28-6)22(26)23(21)27/h11,13,15,20-21H,9-10,12,14,16H2,1-8H3/b18-13+,19-15+. The van der Waals surface area contributed by atoms with Crippen molar-refractivity contribution in [1.29, 1.82) is 0 Å². The Kier molecular flexibility index (Phi) is 11.1. The first-order valence-electron chi connectivity index (χ1n) is 10.7. The molecule has 0 aromatic rings. The van der Waals surface area contributed by atoms with Crippen LogP contribution >= 0.6 is 11.6 Å². The third-order valence-corrected chi connectivity index (χ3v) is 6.28. The number of methoxy groups -OCH3 is 3. The first-order chi connectivity index (χ1) is 14.1. The van der Waals surface area contributed by atoms with Crippen LogP contribution in [-0.4, -0.2) is 32.9 Å². The second kappa shape index (κ2) is 12.5. The number of hydrogen-bond acceptors (Lipinski definition) is 4. The normalized spacial score (nSPS) is 22.4. The topological polar surface area (TPSA) is 44.8 Å². The molecule has 2 atom stereocenters. The van der Waals surface area contributed by atoms with Gasteiger partial charge in [-0.1, -0.05) is 53.5 Å². The predicted molar refractivity (Wildman–Crippen MR) is 124 cm³/mol. The van der Waals surface area contributed by atoms with Crippen LogP contribution in [0.3, 0.4) is 0 Å². The minimum atomic E-state index is -1.16. The van der Waals surface area contributed by atoms with Crippen molar-refractivity contribution >= 4 is 17.4 Å². The smallest absolute Gasteiger partial charge is 0.232 e. The van der Waals surface area contributed by atoms with E-state index in [9.17, 15) is 4.79 Å². The highest BCUT2D eigenvalue weighted by Gasteiger charge is 2.53. The molecule has 30 heavy (non-hydrogen) atoms. The highest BCUT2D eigenvalue weighted by molar-refractivity contribution is 6.43. The SMILES string of the molecule is COC1=C(Cl)C(=O)C(C/C=C(\C)CC/C=C(\C)CCC=C(C)C)C(C)C1(OC)OC. The number of hydrogen-bond donors (Lipinski definition) is 0. The molecule has 0 saturated heterocycles. The highest BCUT2D eigenvalue weighted by atomic mass is 35.5. The maximum absolute atomic E-state index is 12.9. The van der Waals surface area contributed by atoms with E-state index >= 15 is 0 Å². The minimum absolute atomic E-state index is 0.0604. The minimum Gasteiger partial charge on any atom is -0.494 e. The maximum atomic E-state index is 12.9. The van der Waals surface area contributed by atoms with E-state index in [0.29, 0.717) is 6.42 Å². The average Bonchev–Trinajstić information content (AvgIpc) is 2.70. The summed E-state index contributed by atoms with van der Waals surface area (Å²) in [5.41, 5.74) is 4.05. The molecule has 1 aliphatic carbocycles. The lowest BCUT2D eigenvalue weighted by Crippen LogP contribution is -2.52. The van der Waals surface area contributed by atoms with Gasteiger partial charge in [0.25, 0.3) is 0 Å². The Bertz CT molecular complexity index is 707. The predicted octanol–water partition coefficient (Wildman–Crippen LogP) is 6.72. The Morgan fingerprint density at radius 3 is 2.00 bits per heavy atom. The molecule has 2 unspecified atom stereocenters. The van der Waals surface area contributed by atoms with Gasteiger partial charge >= 0.3 is 0 Å². The number of allylic oxidation sites excluding steroid dienone is 7. The second-order valence-corrected chi connectivity index (χ2v) is 8.76. The second-order valence-electron chi connectivity index (χ2n) is 8.38. The van der Waals surface area contributed by atoms with Crippen LogP contribution in [0.15, 0.2) is 45.7 Å². The van der Waals surface area contributed by atoms with E-state index in [-0.39, 0.29) is 28.4 Å². The molecule has 5 heteroatoms. The molecule has 0 saturated carbocycles. The molecular formula is C25H39ClO4. The van der Waals surface area contributed by atoms with Gasteiger partial charge < -0.3 is 14.2 Å². The summed E-state index contributed by atoms with van der Waals surface area (Å²) in [5, 5.41) is 0.0604. The Morgan fingerprint density at radius 1 is 0.967 bits per heavy atom. The molecule has 0 radical (unpaired) electrons. The number of Topliss-reactive ketones (excluding diaryl/α,β-unsaturated/α-hetero) is 1. The van der Waals surface area contributed by atoms with E-state index in [1.54, 1.807) is 14.2 Å². The van der Waals surface area contributed by atoms with Crippen LogP contribution in [0.25, 0.3) is 0 Å². The molecule has 0 aliphatic heterocycles. The van der Waals surface area contributed by atoms with Crippen molar-refractivity contribution in [2.24, 2.45) is 11.8 Å². The summed E-state index contributed by atoms with van der Waals surface area (Å²) < 4.78 is 16.7. The molecule has 0 bridgehead atoms. The van der Waals surface area contributed by atoms with Crippen molar-refractivity contribution in [1.82, 2.24) is 0 Å². The molecule has 0 aromatic carbocycles. The third kappa shape index (κ3) is 6.57. The van der Waals surface area contributed by atoms with Gasteiger partial charge in [-0.15, -0.1) is 0 Å². The molecule has 0 amide bonds. The Balaban J connectivity index is 2.80. The highest BCUT2D eigenvalue weighted by Crippen LogP contribution is 2.45. The van der Waals surface area contributed by atoms with Crippen LogP contribution in [0.5, 0.6) is 0 Å². The van der Waals surface area contributed by atoms with Crippen LogP contribution in [0, 0.1) is 11.8 Å². The zero-order valence-corrected chi connectivity index (χ0v) is 20.7. The summed E-state index contributed by atoms with van der Waals surface area (Å²) in [6.07, 6.45) is 11.5. The molecule has 0 aromatic heterocycles. The van der Waals surface area contributed by atoms with Crippen LogP contribution in [0.2, 0.25) is 0 Å². The summed E-state index contributed by atoms with van der Waals surface area (Å²) in [5.74, 6) is -1.59. The fourth-order valence-electron chi connectivity index (χ4n) is 3.98. The third-order valence-electron chi connectivity index (χ3n) is 5.93. The van der Waals surface area contributed by atoms with Gasteiger partial charge in [-0.2, -0.15) is 0 Å². The van der Waals surface area contributed by atoms with Crippen molar-refractivity contribution in [3.63, 3.8) is 0 Å². The van der Waals surface area contributed by atoms with Crippen LogP contribution < -0.4 is 0 Å². The molecule has 0 heterocycles. The number of carbonyl (C=O) groups is 1. The van der Waals surface area contributed by atoms with Gasteiger partial charge in [0.1, 0.15) is 5.03 Å². The van der Waals surface area contributed by atoms with Gasteiger partial charge in [0.2, 0.25) is 5.79 Å². The van der Waals surface area contributed by atoms with Crippen LogP contribution in [0.1, 0.15) is 66.7 Å². The fourth-order valence-corrected chi connectivity index (χ4v) is 4.33. The van der Waals surface area contributed by atoms with Crippen molar-refractivity contribution in [3.8, 4) is 0 Å². The van der Waals surface area contributed by atoms with E-state index in [1.165, 1.54) is 23.8 Å². The first kappa shape index (κ1) is 26.7. The fraction of sp³-hybridized carbons (Fsp3) is 0.640. The quantitative estimate of drug-likeness (QED) is 0.265.